The highest BCUT2D eigenvalue weighted by Crippen LogP contribution is 2.33. The summed E-state index contributed by atoms with van der Waals surface area (Å²) >= 11 is 0. The van der Waals surface area contributed by atoms with Gasteiger partial charge in [-0.15, -0.1) is 0 Å². The molecule has 0 N–H and O–H groups in total. The van der Waals surface area contributed by atoms with E-state index in [1.54, 1.807) is 0 Å². The molecule has 8 heteroatoms. The number of nitrogens with zero attached hydrogens (tertiary/aromatic N) is 1. The first-order valence-corrected chi connectivity index (χ1v) is 7.93. The fourth-order valence-electron chi connectivity index (χ4n) is 1.93. The molecule has 24 heavy (non-hydrogen) atoms. The van der Waals surface area contributed by atoms with Crippen LogP contribution in [-0.2, 0) is 16.0 Å². The van der Waals surface area contributed by atoms with Crippen molar-refractivity contribution in [2.24, 2.45) is 0 Å². The Labute approximate surface area is 135 Å². The van der Waals surface area contributed by atoms with Crippen molar-refractivity contribution in [3.63, 3.8) is 0 Å². The summed E-state index contributed by atoms with van der Waals surface area (Å²) in [4.78, 5) is -1.26. The Morgan fingerprint density at radius 2 is 1.62 bits per heavy atom. The van der Waals surface area contributed by atoms with Gasteiger partial charge in [0.15, 0.2) is 0 Å². The second-order valence-corrected chi connectivity index (χ2v) is 6.58. The standard InChI is InChI=1S/C16H9F4NO2S/c17-12-5-7-13(8-6-12)24(22,23)14(10-21)9-11-3-1-2-4-15(11)16(18,19)20/h1-9H/b14-9-. The summed E-state index contributed by atoms with van der Waals surface area (Å²) in [7, 11) is -4.36. The molecule has 2 aromatic carbocycles. The number of rotatable bonds is 3. The monoisotopic (exact) mass is 355 g/mol. The van der Waals surface area contributed by atoms with E-state index < -0.39 is 37.9 Å². The lowest BCUT2D eigenvalue weighted by Crippen LogP contribution is -2.08. The molecule has 0 aliphatic carbocycles. The number of allylic oxidation sites excluding steroid dienone is 1. The smallest absolute Gasteiger partial charge is 0.218 e. The van der Waals surface area contributed by atoms with Crippen LogP contribution in [0, 0.1) is 17.1 Å². The van der Waals surface area contributed by atoms with E-state index in [9.17, 15) is 26.0 Å². The number of nitriles is 1. The van der Waals surface area contributed by atoms with Crippen molar-refractivity contribution in [2.45, 2.75) is 11.1 Å². The molecule has 0 unspecified atom stereocenters. The predicted molar refractivity (Wildman–Crippen MR) is 78.6 cm³/mol. The number of halogens is 4. The van der Waals surface area contributed by atoms with Gasteiger partial charge in [0.2, 0.25) is 9.84 Å². The normalized spacial score (nSPS) is 12.7. The molecule has 124 valence electrons. The Kier molecular flexibility index (Phi) is 4.76. The number of benzene rings is 2. The number of alkyl halides is 3. The molecular formula is C16H9F4NO2S. The van der Waals surface area contributed by atoms with Crippen LogP contribution in [0.15, 0.2) is 58.3 Å². The van der Waals surface area contributed by atoms with Gasteiger partial charge in [0.05, 0.1) is 10.5 Å². The largest absolute Gasteiger partial charge is 0.416 e. The maximum atomic E-state index is 13.0. The Bertz CT molecular complexity index is 924. The summed E-state index contributed by atoms with van der Waals surface area (Å²) in [5.41, 5.74) is -1.51. The van der Waals surface area contributed by atoms with E-state index in [4.69, 9.17) is 5.26 Å². The fraction of sp³-hybridized carbons (Fsp3) is 0.0625. The molecule has 0 aliphatic rings. The molecule has 0 atom stereocenters. The van der Waals surface area contributed by atoms with Gasteiger partial charge >= 0.3 is 6.18 Å². The highest BCUT2D eigenvalue weighted by atomic mass is 32.2. The van der Waals surface area contributed by atoms with Crippen molar-refractivity contribution < 1.29 is 26.0 Å². The van der Waals surface area contributed by atoms with E-state index in [2.05, 4.69) is 0 Å². The van der Waals surface area contributed by atoms with Crippen LogP contribution in [-0.4, -0.2) is 8.42 Å². The molecule has 0 saturated carbocycles. The molecule has 0 spiro atoms. The average Bonchev–Trinajstić information content (AvgIpc) is 2.52. The quantitative estimate of drug-likeness (QED) is 0.471. The van der Waals surface area contributed by atoms with Crippen molar-refractivity contribution >= 4 is 15.9 Å². The zero-order valence-corrected chi connectivity index (χ0v) is 12.7. The van der Waals surface area contributed by atoms with Crippen LogP contribution < -0.4 is 0 Å². The van der Waals surface area contributed by atoms with E-state index in [0.717, 1.165) is 42.5 Å². The summed E-state index contributed by atoms with van der Waals surface area (Å²) < 4.78 is 76.5. The van der Waals surface area contributed by atoms with Crippen molar-refractivity contribution in [1.29, 1.82) is 5.26 Å². The lowest BCUT2D eigenvalue weighted by molar-refractivity contribution is -0.137. The van der Waals surface area contributed by atoms with Crippen LogP contribution in [0.5, 0.6) is 0 Å². The van der Waals surface area contributed by atoms with Gasteiger partial charge in [-0.25, -0.2) is 12.8 Å². The minimum absolute atomic E-state index is 0.388. The van der Waals surface area contributed by atoms with E-state index in [-0.39, 0.29) is 4.90 Å². The minimum atomic E-state index is -4.70. The van der Waals surface area contributed by atoms with Gasteiger partial charge in [0.1, 0.15) is 16.8 Å². The third-order valence-electron chi connectivity index (χ3n) is 3.08. The SMILES string of the molecule is N#C/C(=C/c1ccccc1C(F)(F)F)S(=O)(=O)c1ccc(F)cc1. The van der Waals surface area contributed by atoms with Gasteiger partial charge in [0.25, 0.3) is 0 Å². The molecule has 0 aromatic heterocycles. The molecule has 0 saturated heterocycles. The maximum Gasteiger partial charge on any atom is 0.416 e. The van der Waals surface area contributed by atoms with Gasteiger partial charge in [-0.1, -0.05) is 18.2 Å². The first-order chi connectivity index (χ1) is 11.2. The van der Waals surface area contributed by atoms with Gasteiger partial charge in [-0.3, -0.25) is 0 Å². The van der Waals surface area contributed by atoms with Crippen molar-refractivity contribution in [2.75, 3.05) is 0 Å². The van der Waals surface area contributed by atoms with Crippen LogP contribution >= 0.6 is 0 Å². The van der Waals surface area contributed by atoms with E-state index in [1.165, 1.54) is 12.1 Å². The zero-order valence-electron chi connectivity index (χ0n) is 11.9. The van der Waals surface area contributed by atoms with Crippen LogP contribution in [0.2, 0.25) is 0 Å². The molecule has 3 nitrogen and oxygen atoms in total. The first-order valence-electron chi connectivity index (χ1n) is 6.45. The molecular weight excluding hydrogens is 346 g/mol. The predicted octanol–water partition coefficient (Wildman–Crippen LogP) is 4.18. The van der Waals surface area contributed by atoms with E-state index in [0.29, 0.717) is 6.08 Å². The summed E-state index contributed by atoms with van der Waals surface area (Å²) in [6, 6.07) is 9.31. The van der Waals surface area contributed by atoms with Gasteiger partial charge < -0.3 is 0 Å². The summed E-state index contributed by atoms with van der Waals surface area (Å²) in [6.07, 6.45) is -4.05. The highest BCUT2D eigenvalue weighted by molar-refractivity contribution is 7.95. The highest BCUT2D eigenvalue weighted by Gasteiger charge is 2.33. The van der Waals surface area contributed by atoms with Crippen LogP contribution in [0.1, 0.15) is 11.1 Å². The second kappa shape index (κ2) is 6.45. The maximum absolute atomic E-state index is 13.0. The average molecular weight is 355 g/mol. The molecule has 0 fully saturated rings. The number of hydrogen-bond acceptors (Lipinski definition) is 3. The van der Waals surface area contributed by atoms with Crippen molar-refractivity contribution in [3.8, 4) is 6.07 Å². The van der Waals surface area contributed by atoms with Crippen LogP contribution in [0.4, 0.5) is 17.6 Å². The molecule has 0 amide bonds. The molecule has 0 aliphatic heterocycles. The Morgan fingerprint density at radius 3 is 2.17 bits per heavy atom. The van der Waals surface area contributed by atoms with Gasteiger partial charge in [0, 0.05) is 0 Å². The summed E-state index contributed by atoms with van der Waals surface area (Å²) in [5, 5.41) is 9.08. The summed E-state index contributed by atoms with van der Waals surface area (Å²) in [5.74, 6) is -0.682. The first kappa shape index (κ1) is 17.7. The molecule has 0 heterocycles. The molecule has 2 aromatic rings. The van der Waals surface area contributed by atoms with Crippen LogP contribution in [0.25, 0.3) is 6.08 Å². The number of sulfone groups is 1. The number of hydrogen-bond donors (Lipinski definition) is 0. The molecule has 0 bridgehead atoms. The van der Waals surface area contributed by atoms with Gasteiger partial charge in [-0.2, -0.15) is 18.4 Å². The Hall–Kier alpha value is -2.66. The second-order valence-electron chi connectivity index (χ2n) is 4.66. The molecule has 0 radical (unpaired) electrons. The Balaban J connectivity index is 2.59. The fourth-order valence-corrected chi connectivity index (χ4v) is 3.08. The van der Waals surface area contributed by atoms with Crippen molar-refractivity contribution in [1.82, 2.24) is 0 Å². The zero-order chi connectivity index (χ0) is 18.0. The Morgan fingerprint density at radius 1 is 1.04 bits per heavy atom. The summed E-state index contributed by atoms with van der Waals surface area (Å²) in [6.45, 7) is 0. The van der Waals surface area contributed by atoms with Gasteiger partial charge in [-0.05, 0) is 42.0 Å². The van der Waals surface area contributed by atoms with Crippen LogP contribution in [0.3, 0.4) is 0 Å². The lowest BCUT2D eigenvalue weighted by atomic mass is 10.1. The van der Waals surface area contributed by atoms with E-state index in [1.807, 2.05) is 0 Å². The van der Waals surface area contributed by atoms with E-state index >= 15 is 0 Å². The third-order valence-corrected chi connectivity index (χ3v) is 4.76. The third kappa shape index (κ3) is 3.63. The van der Waals surface area contributed by atoms with Crippen molar-refractivity contribution in [3.05, 3.63) is 70.4 Å². The lowest BCUT2D eigenvalue weighted by Gasteiger charge is -2.10. The minimum Gasteiger partial charge on any atom is -0.218 e. The molecule has 2 rings (SSSR count). The topological polar surface area (TPSA) is 57.9 Å².